The van der Waals surface area contributed by atoms with E-state index >= 15 is 0 Å². The van der Waals surface area contributed by atoms with Crippen LogP contribution < -0.4 is 20.7 Å². The highest BCUT2D eigenvalue weighted by Gasteiger charge is 2.23. The Bertz CT molecular complexity index is 1330. The zero-order chi connectivity index (χ0) is 26.9. The Morgan fingerprint density at radius 1 is 0.892 bits per heavy atom. The number of hydrogen-bond acceptors (Lipinski definition) is 6. The number of aliphatic carboxylic acids is 1. The lowest BCUT2D eigenvalue weighted by atomic mass is 10.1. The molecule has 0 aliphatic heterocycles. The van der Waals surface area contributed by atoms with E-state index in [9.17, 15) is 29.4 Å². The molecule has 1 atom stereocenters. The zero-order valence-electron chi connectivity index (χ0n) is 19.7. The maximum absolute atomic E-state index is 12.7. The number of carbonyl (C=O) groups excluding carboxylic acids is 3. The molecule has 11 heteroatoms. The van der Waals surface area contributed by atoms with Crippen molar-refractivity contribution in [2.24, 2.45) is 0 Å². The summed E-state index contributed by atoms with van der Waals surface area (Å²) in [5.41, 5.74) is 1.09. The standard InChI is InChI=1S/C26H24ClN3O7/c1-37-19-7-3-5-16(11-19)23(32)29-14-22(26(35)36)30-25(34)20-9-8-17(12-21(20)27)24(33)28-13-15-4-2-6-18(31)10-15/h2-12,22,31H,13-14H2,1H3,(H,28,33)(H,29,32)(H,30,34)(H,35,36). The molecule has 3 amide bonds. The lowest BCUT2D eigenvalue weighted by molar-refractivity contribution is -0.139. The summed E-state index contributed by atoms with van der Waals surface area (Å²) < 4.78 is 5.07. The Labute approximate surface area is 217 Å². The van der Waals surface area contributed by atoms with Gasteiger partial charge in [0.15, 0.2) is 0 Å². The van der Waals surface area contributed by atoms with Gasteiger partial charge in [-0.1, -0.05) is 29.8 Å². The van der Waals surface area contributed by atoms with Gasteiger partial charge in [0.05, 0.1) is 17.7 Å². The average Bonchev–Trinajstić information content (AvgIpc) is 2.89. The van der Waals surface area contributed by atoms with E-state index in [2.05, 4.69) is 16.0 Å². The molecule has 0 radical (unpaired) electrons. The van der Waals surface area contributed by atoms with Crippen LogP contribution in [0.2, 0.25) is 5.02 Å². The predicted molar refractivity (Wildman–Crippen MR) is 135 cm³/mol. The predicted octanol–water partition coefficient (Wildman–Crippen LogP) is 2.60. The topological polar surface area (TPSA) is 154 Å². The molecule has 10 nitrogen and oxygen atoms in total. The summed E-state index contributed by atoms with van der Waals surface area (Å²) in [7, 11) is 1.45. The van der Waals surface area contributed by atoms with Gasteiger partial charge in [0.1, 0.15) is 17.5 Å². The number of benzene rings is 3. The molecular weight excluding hydrogens is 502 g/mol. The van der Waals surface area contributed by atoms with Crippen LogP contribution in [0.15, 0.2) is 66.7 Å². The van der Waals surface area contributed by atoms with Crippen LogP contribution in [-0.4, -0.2) is 53.6 Å². The first-order valence-corrected chi connectivity index (χ1v) is 11.4. The van der Waals surface area contributed by atoms with E-state index in [-0.39, 0.29) is 40.6 Å². The van der Waals surface area contributed by atoms with Crippen molar-refractivity contribution in [3.8, 4) is 11.5 Å². The Balaban J connectivity index is 1.61. The van der Waals surface area contributed by atoms with Gasteiger partial charge in [0, 0.05) is 24.2 Å². The largest absolute Gasteiger partial charge is 0.508 e. The maximum atomic E-state index is 12.7. The Hall–Kier alpha value is -4.57. The number of methoxy groups -OCH3 is 1. The lowest BCUT2D eigenvalue weighted by Crippen LogP contribution is -2.48. The van der Waals surface area contributed by atoms with Crippen molar-refractivity contribution in [3.05, 3.63) is 94.0 Å². The van der Waals surface area contributed by atoms with Gasteiger partial charge in [-0.15, -0.1) is 0 Å². The molecule has 0 saturated carbocycles. The van der Waals surface area contributed by atoms with Crippen LogP contribution in [0.1, 0.15) is 36.6 Å². The van der Waals surface area contributed by atoms with Crippen molar-refractivity contribution in [3.63, 3.8) is 0 Å². The summed E-state index contributed by atoms with van der Waals surface area (Å²) in [6.07, 6.45) is 0. The number of halogens is 1. The van der Waals surface area contributed by atoms with Crippen molar-refractivity contribution >= 4 is 35.3 Å². The monoisotopic (exact) mass is 525 g/mol. The average molecular weight is 526 g/mol. The molecule has 37 heavy (non-hydrogen) atoms. The first-order valence-electron chi connectivity index (χ1n) is 11.0. The number of phenols is 1. The molecule has 3 rings (SSSR count). The third-order valence-electron chi connectivity index (χ3n) is 5.24. The molecule has 3 aromatic rings. The molecule has 5 N–H and O–H groups in total. The Kier molecular flexibility index (Phi) is 9.06. The number of rotatable bonds is 10. The van der Waals surface area contributed by atoms with Crippen LogP contribution in [0.25, 0.3) is 0 Å². The molecule has 0 heterocycles. The van der Waals surface area contributed by atoms with Crippen LogP contribution in [0.4, 0.5) is 0 Å². The number of amides is 3. The fourth-order valence-corrected chi connectivity index (χ4v) is 3.55. The van der Waals surface area contributed by atoms with Gasteiger partial charge < -0.3 is 30.9 Å². The van der Waals surface area contributed by atoms with Gasteiger partial charge in [-0.3, -0.25) is 14.4 Å². The third kappa shape index (κ3) is 7.45. The Morgan fingerprint density at radius 3 is 2.27 bits per heavy atom. The zero-order valence-corrected chi connectivity index (χ0v) is 20.4. The number of carbonyl (C=O) groups is 4. The third-order valence-corrected chi connectivity index (χ3v) is 5.55. The second kappa shape index (κ2) is 12.4. The summed E-state index contributed by atoms with van der Waals surface area (Å²) >= 11 is 6.20. The molecule has 0 aliphatic carbocycles. The number of nitrogens with one attached hydrogen (secondary N) is 3. The number of phenolic OH excluding ortho intramolecular Hbond substituents is 1. The lowest BCUT2D eigenvalue weighted by Gasteiger charge is -2.16. The van der Waals surface area contributed by atoms with Crippen molar-refractivity contribution in [1.29, 1.82) is 0 Å². The first kappa shape index (κ1) is 27.0. The van der Waals surface area contributed by atoms with Crippen LogP contribution in [-0.2, 0) is 11.3 Å². The van der Waals surface area contributed by atoms with Crippen molar-refractivity contribution in [2.45, 2.75) is 12.6 Å². The van der Waals surface area contributed by atoms with Gasteiger partial charge in [0.2, 0.25) is 0 Å². The molecule has 0 spiro atoms. The summed E-state index contributed by atoms with van der Waals surface area (Å²) in [5.74, 6) is -2.62. The van der Waals surface area contributed by atoms with Gasteiger partial charge in [-0.25, -0.2) is 4.79 Å². The second-order valence-electron chi connectivity index (χ2n) is 7.85. The van der Waals surface area contributed by atoms with Gasteiger partial charge in [-0.2, -0.15) is 0 Å². The number of carboxylic acids is 1. The normalized spacial score (nSPS) is 11.2. The summed E-state index contributed by atoms with van der Waals surface area (Å²) in [5, 5.41) is 26.4. The van der Waals surface area contributed by atoms with E-state index in [1.165, 1.54) is 49.6 Å². The number of aromatic hydroxyl groups is 1. The highest BCUT2D eigenvalue weighted by atomic mass is 35.5. The van der Waals surface area contributed by atoms with Crippen molar-refractivity contribution < 1.29 is 34.1 Å². The number of ether oxygens (including phenoxy) is 1. The van der Waals surface area contributed by atoms with E-state index in [1.807, 2.05) is 0 Å². The van der Waals surface area contributed by atoms with E-state index in [0.29, 0.717) is 11.3 Å². The van der Waals surface area contributed by atoms with Crippen LogP contribution in [0, 0.1) is 0 Å². The minimum Gasteiger partial charge on any atom is -0.508 e. The van der Waals surface area contributed by atoms with Crippen LogP contribution in [0.3, 0.4) is 0 Å². The minimum absolute atomic E-state index is 0.0448. The van der Waals surface area contributed by atoms with E-state index < -0.39 is 29.7 Å². The highest BCUT2D eigenvalue weighted by molar-refractivity contribution is 6.34. The van der Waals surface area contributed by atoms with Crippen LogP contribution >= 0.6 is 11.6 Å². The Morgan fingerprint density at radius 2 is 1.59 bits per heavy atom. The molecule has 0 fully saturated rings. The fourth-order valence-electron chi connectivity index (χ4n) is 3.29. The van der Waals surface area contributed by atoms with Crippen molar-refractivity contribution in [2.75, 3.05) is 13.7 Å². The van der Waals surface area contributed by atoms with Crippen LogP contribution in [0.5, 0.6) is 11.5 Å². The quantitative estimate of drug-likeness (QED) is 0.272. The van der Waals surface area contributed by atoms with E-state index in [1.54, 1.807) is 24.3 Å². The molecule has 0 aromatic heterocycles. The van der Waals surface area contributed by atoms with E-state index in [4.69, 9.17) is 16.3 Å². The molecule has 1 unspecified atom stereocenters. The fraction of sp³-hybridized carbons (Fsp3) is 0.154. The van der Waals surface area contributed by atoms with Gasteiger partial charge >= 0.3 is 5.97 Å². The summed E-state index contributed by atoms with van der Waals surface area (Å²) in [4.78, 5) is 49.2. The maximum Gasteiger partial charge on any atom is 0.328 e. The molecular formula is C26H24ClN3O7. The molecule has 0 aliphatic rings. The number of carboxylic acid groups (broad SMARTS) is 1. The van der Waals surface area contributed by atoms with E-state index in [0.717, 1.165) is 0 Å². The SMILES string of the molecule is COc1cccc(C(=O)NCC(NC(=O)c2ccc(C(=O)NCc3cccc(O)c3)cc2Cl)C(=O)O)c1. The molecule has 0 saturated heterocycles. The second-order valence-corrected chi connectivity index (χ2v) is 8.26. The van der Waals surface area contributed by atoms with Crippen molar-refractivity contribution in [1.82, 2.24) is 16.0 Å². The molecule has 3 aromatic carbocycles. The summed E-state index contributed by atoms with van der Waals surface area (Å²) in [6, 6.07) is 15.2. The highest BCUT2D eigenvalue weighted by Crippen LogP contribution is 2.19. The summed E-state index contributed by atoms with van der Waals surface area (Å²) in [6.45, 7) is -0.223. The smallest absolute Gasteiger partial charge is 0.328 e. The van der Waals surface area contributed by atoms with Gasteiger partial charge in [-0.05, 0) is 54.1 Å². The number of hydrogen-bond donors (Lipinski definition) is 5. The van der Waals surface area contributed by atoms with Gasteiger partial charge in [0.25, 0.3) is 17.7 Å². The minimum atomic E-state index is -1.44. The molecule has 0 bridgehead atoms. The molecule has 192 valence electrons. The first-order chi connectivity index (χ1) is 17.7.